The highest BCUT2D eigenvalue weighted by Crippen LogP contribution is 2.47. The molecule has 10 nitrogen and oxygen atoms in total. The standard InChI is InChI=1S/C45H48F4N4O6/c46-44(47)59-38-25-32(23-31-26-53(43(57)41(31)38)37-15-16-39(55)50-42(37)56)52-21-19-51(20-22-52)18-4-17-45(48,49)27-58-34-11-7-29(8-12-34)40-35(28-5-2-1-3-6-28)13-9-30-24-33(54)10-14-36(30)40/h1-3,5,7-8,10-12,14,23-25,28,35,37,40,44,54H,4,6,9,13,15-22,26-27H2,(H,50,55,56)/t28?,35-,37?,40+/m1/s1. The number of alkyl halides is 4. The van der Waals surface area contributed by atoms with Crippen LogP contribution >= 0.6 is 0 Å². The molecular formula is C45H48F4N4O6. The maximum Gasteiger partial charge on any atom is 0.387 e. The number of aromatic hydroxyl groups is 1. The molecule has 2 aliphatic carbocycles. The van der Waals surface area contributed by atoms with Crippen LogP contribution in [0.15, 0.2) is 78.9 Å². The lowest BCUT2D eigenvalue weighted by molar-refractivity contribution is -0.136. The van der Waals surface area contributed by atoms with Gasteiger partial charge in [-0.2, -0.15) is 8.78 Å². The maximum atomic E-state index is 15.1. The van der Waals surface area contributed by atoms with Crippen molar-refractivity contribution in [2.24, 2.45) is 11.8 Å². The van der Waals surface area contributed by atoms with Gasteiger partial charge in [-0.25, -0.2) is 8.78 Å². The first-order valence-electron chi connectivity index (χ1n) is 20.4. The van der Waals surface area contributed by atoms with Crippen molar-refractivity contribution in [3.05, 3.63) is 107 Å². The molecule has 2 N–H and O–H groups in total. The number of hydrogen-bond donors (Lipinski definition) is 2. The van der Waals surface area contributed by atoms with Crippen LogP contribution < -0.4 is 19.7 Å². The van der Waals surface area contributed by atoms with Gasteiger partial charge in [-0.3, -0.25) is 24.6 Å². The molecule has 3 heterocycles. The van der Waals surface area contributed by atoms with Gasteiger partial charge in [-0.05, 0) is 103 Å². The lowest BCUT2D eigenvalue weighted by atomic mass is 9.66. The second-order valence-corrected chi connectivity index (χ2v) is 16.2. The van der Waals surface area contributed by atoms with Crippen molar-refractivity contribution >= 4 is 23.4 Å². The summed E-state index contributed by atoms with van der Waals surface area (Å²) in [5.41, 5.74) is 4.43. The number of imide groups is 1. The van der Waals surface area contributed by atoms with Gasteiger partial charge in [0.2, 0.25) is 11.8 Å². The minimum Gasteiger partial charge on any atom is -0.508 e. The van der Waals surface area contributed by atoms with E-state index in [0.29, 0.717) is 61.6 Å². The van der Waals surface area contributed by atoms with Crippen LogP contribution in [0.5, 0.6) is 17.2 Å². The van der Waals surface area contributed by atoms with Gasteiger partial charge in [0.05, 0.1) is 5.56 Å². The summed E-state index contributed by atoms with van der Waals surface area (Å²) in [5.74, 6) is -3.47. The number of amides is 3. The van der Waals surface area contributed by atoms with E-state index in [9.17, 15) is 28.3 Å². The Bertz CT molecular complexity index is 2120. The van der Waals surface area contributed by atoms with E-state index in [-0.39, 0.29) is 55.2 Å². The maximum absolute atomic E-state index is 15.1. The van der Waals surface area contributed by atoms with Gasteiger partial charge in [0.15, 0.2) is 6.61 Å². The van der Waals surface area contributed by atoms with Crippen molar-refractivity contribution in [1.29, 1.82) is 0 Å². The smallest absolute Gasteiger partial charge is 0.387 e. The fourth-order valence-electron chi connectivity index (χ4n) is 9.49. The molecule has 3 aliphatic heterocycles. The molecule has 0 radical (unpaired) electrons. The number of phenols is 1. The summed E-state index contributed by atoms with van der Waals surface area (Å²) in [6, 6.07) is 15.3. The zero-order chi connectivity index (χ0) is 41.3. The average molecular weight is 817 g/mol. The van der Waals surface area contributed by atoms with Crippen LogP contribution in [-0.2, 0) is 22.6 Å². The Labute approximate surface area is 340 Å². The summed E-state index contributed by atoms with van der Waals surface area (Å²) in [5, 5.41) is 12.4. The van der Waals surface area contributed by atoms with Crippen LogP contribution in [0.4, 0.5) is 23.2 Å². The molecule has 2 unspecified atom stereocenters. The highest BCUT2D eigenvalue weighted by molar-refractivity contribution is 6.06. The van der Waals surface area contributed by atoms with Crippen LogP contribution in [-0.4, -0.2) is 90.5 Å². The summed E-state index contributed by atoms with van der Waals surface area (Å²) in [6.45, 7) is -1.35. The van der Waals surface area contributed by atoms with Crippen molar-refractivity contribution in [3.8, 4) is 17.2 Å². The minimum atomic E-state index is -3.18. The van der Waals surface area contributed by atoms with Crippen LogP contribution in [0, 0.1) is 11.8 Å². The molecule has 2 fully saturated rings. The predicted molar refractivity (Wildman–Crippen MR) is 212 cm³/mol. The van der Waals surface area contributed by atoms with Gasteiger partial charge in [0.1, 0.15) is 23.3 Å². The van der Waals surface area contributed by atoms with E-state index in [0.717, 1.165) is 30.4 Å². The Morgan fingerprint density at radius 1 is 0.915 bits per heavy atom. The van der Waals surface area contributed by atoms with Gasteiger partial charge in [0.25, 0.3) is 11.8 Å². The average Bonchev–Trinajstić information content (AvgIpc) is 3.55. The Kier molecular flexibility index (Phi) is 11.7. The summed E-state index contributed by atoms with van der Waals surface area (Å²) in [4.78, 5) is 42.9. The normalized spacial score (nSPS) is 23.4. The molecule has 8 rings (SSSR count). The summed E-state index contributed by atoms with van der Waals surface area (Å²) >= 11 is 0. The van der Waals surface area contributed by atoms with Crippen molar-refractivity contribution in [2.45, 2.75) is 76.0 Å². The summed E-state index contributed by atoms with van der Waals surface area (Å²) in [7, 11) is 0. The molecule has 2 saturated heterocycles. The van der Waals surface area contributed by atoms with Gasteiger partial charge >= 0.3 is 6.61 Å². The molecule has 5 aliphatic rings. The zero-order valence-corrected chi connectivity index (χ0v) is 32.6. The van der Waals surface area contributed by atoms with Gasteiger partial charge in [0, 0.05) is 63.2 Å². The number of fused-ring (bicyclic) bond motifs is 2. The number of nitrogens with one attached hydrogen (secondary N) is 1. The van der Waals surface area contributed by atoms with E-state index >= 15 is 8.78 Å². The number of nitrogens with zero attached hydrogens (tertiary/aromatic N) is 3. The minimum absolute atomic E-state index is 0.0102. The number of piperazine rings is 1. The second kappa shape index (κ2) is 17.1. The molecule has 14 heteroatoms. The molecule has 59 heavy (non-hydrogen) atoms. The van der Waals surface area contributed by atoms with E-state index in [1.807, 2.05) is 29.2 Å². The van der Waals surface area contributed by atoms with Crippen LogP contribution in [0.2, 0.25) is 0 Å². The number of benzene rings is 3. The highest BCUT2D eigenvalue weighted by Gasteiger charge is 2.42. The van der Waals surface area contributed by atoms with Gasteiger partial charge in [-0.1, -0.05) is 42.5 Å². The first kappa shape index (κ1) is 40.4. The van der Waals surface area contributed by atoms with Gasteiger partial charge in [-0.15, -0.1) is 0 Å². The number of piperidine rings is 1. The SMILES string of the molecule is O=C1CCC(N2Cc3cc(N4CCN(CCCC(F)(F)COc5ccc([C@@H]6c7ccc(O)cc7CC[C@@H]6C6C=CC=CC6)cc5)CC4)cc(OC(F)F)c3C2=O)C(=O)N1. The zero-order valence-electron chi connectivity index (χ0n) is 32.6. The predicted octanol–water partition coefficient (Wildman–Crippen LogP) is 7.20. The number of halogens is 4. The topological polar surface area (TPSA) is 112 Å². The number of hydrogen-bond acceptors (Lipinski definition) is 8. The summed E-state index contributed by atoms with van der Waals surface area (Å²) in [6.07, 6.45) is 11.6. The molecule has 3 amide bonds. The molecule has 312 valence electrons. The molecule has 0 saturated carbocycles. The van der Waals surface area contributed by atoms with E-state index in [2.05, 4.69) is 34.5 Å². The molecule has 0 spiro atoms. The van der Waals surface area contributed by atoms with Crippen LogP contribution in [0.3, 0.4) is 0 Å². The van der Waals surface area contributed by atoms with Crippen molar-refractivity contribution in [3.63, 3.8) is 0 Å². The summed E-state index contributed by atoms with van der Waals surface area (Å²) < 4.78 is 67.6. The molecular weight excluding hydrogens is 769 g/mol. The number of carbonyl (C=O) groups excluding carboxylic acids is 3. The quantitative estimate of drug-likeness (QED) is 0.138. The third kappa shape index (κ3) is 8.97. The lowest BCUT2D eigenvalue weighted by Crippen LogP contribution is -2.52. The molecule has 3 aromatic carbocycles. The fraction of sp³-hybridized carbons (Fsp3) is 0.444. The van der Waals surface area contributed by atoms with Crippen molar-refractivity contribution in [2.75, 3.05) is 44.2 Å². The largest absolute Gasteiger partial charge is 0.508 e. The Balaban J connectivity index is 0.831. The number of anilines is 1. The van der Waals surface area contributed by atoms with E-state index < -0.39 is 42.9 Å². The molecule has 0 aromatic heterocycles. The van der Waals surface area contributed by atoms with E-state index in [1.54, 1.807) is 24.3 Å². The van der Waals surface area contributed by atoms with E-state index in [4.69, 9.17) is 9.47 Å². The van der Waals surface area contributed by atoms with Crippen LogP contribution in [0.1, 0.15) is 77.1 Å². The third-order valence-corrected chi connectivity index (χ3v) is 12.4. The number of aryl methyl sites for hydroxylation is 1. The van der Waals surface area contributed by atoms with Crippen molar-refractivity contribution < 1.29 is 46.5 Å². The lowest BCUT2D eigenvalue weighted by Gasteiger charge is -2.38. The molecule has 3 aromatic rings. The first-order chi connectivity index (χ1) is 28.4. The monoisotopic (exact) mass is 816 g/mol. The number of allylic oxidation sites excluding steroid dienone is 4. The molecule has 4 atom stereocenters. The Morgan fingerprint density at radius 3 is 2.44 bits per heavy atom. The third-order valence-electron chi connectivity index (χ3n) is 12.4. The Morgan fingerprint density at radius 2 is 1.71 bits per heavy atom. The number of rotatable bonds is 13. The highest BCUT2D eigenvalue weighted by atomic mass is 19.3. The second-order valence-electron chi connectivity index (χ2n) is 16.2. The van der Waals surface area contributed by atoms with Crippen molar-refractivity contribution in [1.82, 2.24) is 15.1 Å². The Hall–Kier alpha value is -5.37. The first-order valence-corrected chi connectivity index (χ1v) is 20.4. The van der Waals surface area contributed by atoms with Gasteiger partial charge < -0.3 is 24.4 Å². The number of phenolic OH excluding ortho intramolecular Hbond substituents is 1. The van der Waals surface area contributed by atoms with E-state index in [1.165, 1.54) is 16.5 Å². The van der Waals surface area contributed by atoms with Crippen LogP contribution in [0.25, 0.3) is 0 Å². The number of carbonyl (C=O) groups is 3. The fourth-order valence-corrected chi connectivity index (χ4v) is 9.49. The molecule has 0 bridgehead atoms. The number of ether oxygens (including phenoxy) is 2.